The van der Waals surface area contributed by atoms with Gasteiger partial charge in [0, 0.05) is 16.1 Å². The fourth-order valence-corrected chi connectivity index (χ4v) is 3.22. The third kappa shape index (κ3) is 4.37. The zero-order valence-electron chi connectivity index (χ0n) is 12.9. The van der Waals surface area contributed by atoms with Crippen molar-refractivity contribution in [3.8, 4) is 11.3 Å². The lowest BCUT2D eigenvalue weighted by Crippen LogP contribution is -2.30. The van der Waals surface area contributed by atoms with Gasteiger partial charge >= 0.3 is 0 Å². The highest BCUT2D eigenvalue weighted by atomic mass is 79.9. The van der Waals surface area contributed by atoms with Crippen LogP contribution < -0.4 is 5.32 Å². The quantitative estimate of drug-likeness (QED) is 0.714. The van der Waals surface area contributed by atoms with Crippen molar-refractivity contribution in [1.29, 1.82) is 0 Å². The summed E-state index contributed by atoms with van der Waals surface area (Å²) >= 11 is 3.54. The van der Waals surface area contributed by atoms with Crippen molar-refractivity contribution in [2.75, 3.05) is 0 Å². The number of nitrogens with one attached hydrogen (secondary N) is 1. The maximum atomic E-state index is 5.98. The first kappa shape index (κ1) is 17.6. The van der Waals surface area contributed by atoms with Gasteiger partial charge in [-0.25, -0.2) is 0 Å². The molecule has 1 aromatic carbocycles. The van der Waals surface area contributed by atoms with Crippen LogP contribution >= 0.6 is 28.3 Å². The molecule has 1 aliphatic rings. The molecule has 1 aromatic heterocycles. The van der Waals surface area contributed by atoms with Gasteiger partial charge < -0.3 is 9.73 Å². The fourth-order valence-electron chi connectivity index (χ4n) is 2.98. The Bertz CT molecular complexity index is 605. The van der Waals surface area contributed by atoms with Crippen molar-refractivity contribution < 1.29 is 4.42 Å². The van der Waals surface area contributed by atoms with E-state index in [1.807, 2.05) is 0 Å². The van der Waals surface area contributed by atoms with Crippen LogP contribution in [0.4, 0.5) is 0 Å². The molecule has 3 rings (SSSR count). The second-order valence-corrected chi connectivity index (χ2v) is 6.80. The van der Waals surface area contributed by atoms with E-state index in [-0.39, 0.29) is 12.4 Å². The predicted molar refractivity (Wildman–Crippen MR) is 97.5 cm³/mol. The third-order valence-electron chi connectivity index (χ3n) is 4.27. The van der Waals surface area contributed by atoms with Gasteiger partial charge in [-0.15, -0.1) is 12.4 Å². The third-order valence-corrected chi connectivity index (χ3v) is 5.16. The molecule has 0 spiro atoms. The summed E-state index contributed by atoms with van der Waals surface area (Å²) in [6.07, 6.45) is 6.73. The molecule has 1 aliphatic carbocycles. The summed E-state index contributed by atoms with van der Waals surface area (Å²) in [6.45, 7) is 2.93. The number of furan rings is 1. The Kier molecular flexibility index (Phi) is 6.54. The first-order chi connectivity index (χ1) is 10.2. The highest BCUT2D eigenvalue weighted by Crippen LogP contribution is 2.27. The standard InChI is InChI=1S/C18H22BrNO.ClH/c1-13-11-14(7-9-17(13)19)18-10-8-16(21-18)12-20-15-5-3-2-4-6-15;/h7-11,15,20H,2-6,12H2,1H3;1H. The van der Waals surface area contributed by atoms with Gasteiger partial charge in [0.15, 0.2) is 0 Å². The number of rotatable bonds is 4. The topological polar surface area (TPSA) is 25.2 Å². The molecule has 1 saturated carbocycles. The number of aryl methyl sites for hydroxylation is 1. The van der Waals surface area contributed by atoms with Crippen LogP contribution in [0.15, 0.2) is 39.2 Å². The highest BCUT2D eigenvalue weighted by molar-refractivity contribution is 9.10. The maximum absolute atomic E-state index is 5.98. The Hall–Kier alpha value is -0.770. The van der Waals surface area contributed by atoms with E-state index in [1.165, 1.54) is 37.7 Å². The lowest BCUT2D eigenvalue weighted by molar-refractivity contribution is 0.358. The zero-order valence-corrected chi connectivity index (χ0v) is 15.3. The normalized spacial score (nSPS) is 15.5. The molecular formula is C18H23BrClNO. The maximum Gasteiger partial charge on any atom is 0.134 e. The molecule has 0 bridgehead atoms. The summed E-state index contributed by atoms with van der Waals surface area (Å²) in [4.78, 5) is 0. The first-order valence-corrected chi connectivity index (χ1v) is 8.60. The van der Waals surface area contributed by atoms with E-state index in [2.05, 4.69) is 58.5 Å². The summed E-state index contributed by atoms with van der Waals surface area (Å²) in [5, 5.41) is 3.62. The van der Waals surface area contributed by atoms with Gasteiger partial charge in [0.05, 0.1) is 6.54 Å². The van der Waals surface area contributed by atoms with E-state index in [0.717, 1.165) is 28.1 Å². The van der Waals surface area contributed by atoms with Crippen LogP contribution in [0.25, 0.3) is 11.3 Å². The van der Waals surface area contributed by atoms with Gasteiger partial charge in [0.1, 0.15) is 11.5 Å². The van der Waals surface area contributed by atoms with E-state index in [0.29, 0.717) is 6.04 Å². The molecule has 0 amide bonds. The van der Waals surface area contributed by atoms with Crippen molar-refractivity contribution in [2.24, 2.45) is 0 Å². The number of hydrogen-bond acceptors (Lipinski definition) is 2. The Labute approximate surface area is 147 Å². The van der Waals surface area contributed by atoms with E-state index in [1.54, 1.807) is 0 Å². The Balaban J connectivity index is 0.00000176. The molecule has 22 heavy (non-hydrogen) atoms. The minimum absolute atomic E-state index is 0. The van der Waals surface area contributed by atoms with Crippen LogP contribution in [0, 0.1) is 6.92 Å². The van der Waals surface area contributed by atoms with Crippen LogP contribution in [0.3, 0.4) is 0 Å². The van der Waals surface area contributed by atoms with Gasteiger partial charge in [-0.2, -0.15) is 0 Å². The molecule has 1 N–H and O–H groups in total. The van der Waals surface area contributed by atoms with Gasteiger partial charge in [-0.1, -0.05) is 41.3 Å². The molecule has 120 valence electrons. The highest BCUT2D eigenvalue weighted by Gasteiger charge is 2.13. The number of benzene rings is 1. The van der Waals surface area contributed by atoms with E-state index in [4.69, 9.17) is 4.42 Å². The van der Waals surface area contributed by atoms with Crippen LogP contribution in [0.2, 0.25) is 0 Å². The molecule has 0 saturated heterocycles. The number of hydrogen-bond donors (Lipinski definition) is 1. The van der Waals surface area contributed by atoms with Gasteiger partial charge in [0.2, 0.25) is 0 Å². The molecule has 2 nitrogen and oxygen atoms in total. The van der Waals surface area contributed by atoms with Crippen molar-refractivity contribution >= 4 is 28.3 Å². The van der Waals surface area contributed by atoms with Gasteiger partial charge in [-0.3, -0.25) is 0 Å². The van der Waals surface area contributed by atoms with Crippen molar-refractivity contribution in [1.82, 2.24) is 5.32 Å². The average Bonchev–Trinajstić information content (AvgIpc) is 2.98. The lowest BCUT2D eigenvalue weighted by atomic mass is 9.95. The molecule has 2 aromatic rings. The SMILES string of the molecule is Cc1cc(-c2ccc(CNC3CCCCC3)o2)ccc1Br.Cl. The minimum atomic E-state index is 0. The summed E-state index contributed by atoms with van der Waals surface area (Å²) in [5.74, 6) is 1.97. The van der Waals surface area contributed by atoms with Crippen molar-refractivity contribution in [2.45, 2.75) is 51.6 Å². The number of halogens is 2. The Morgan fingerprint density at radius 1 is 1.14 bits per heavy atom. The molecule has 0 unspecified atom stereocenters. The van der Waals surface area contributed by atoms with Gasteiger partial charge in [-0.05, 0) is 49.6 Å². The molecule has 1 heterocycles. The molecule has 0 radical (unpaired) electrons. The minimum Gasteiger partial charge on any atom is -0.460 e. The summed E-state index contributed by atoms with van der Waals surface area (Å²) in [5.41, 5.74) is 2.37. The second-order valence-electron chi connectivity index (χ2n) is 5.95. The Morgan fingerprint density at radius 3 is 2.64 bits per heavy atom. The molecule has 0 aliphatic heterocycles. The molecule has 4 heteroatoms. The monoisotopic (exact) mass is 383 g/mol. The average molecular weight is 385 g/mol. The summed E-state index contributed by atoms with van der Waals surface area (Å²) < 4.78 is 7.11. The fraction of sp³-hybridized carbons (Fsp3) is 0.444. The van der Waals surface area contributed by atoms with E-state index >= 15 is 0 Å². The van der Waals surface area contributed by atoms with E-state index in [9.17, 15) is 0 Å². The molecule has 1 fully saturated rings. The van der Waals surface area contributed by atoms with Crippen LogP contribution in [0.1, 0.15) is 43.4 Å². The summed E-state index contributed by atoms with van der Waals surface area (Å²) in [6, 6.07) is 11.1. The van der Waals surface area contributed by atoms with Gasteiger partial charge in [0.25, 0.3) is 0 Å². The molecular weight excluding hydrogens is 362 g/mol. The summed E-state index contributed by atoms with van der Waals surface area (Å²) in [7, 11) is 0. The van der Waals surface area contributed by atoms with Crippen LogP contribution in [0.5, 0.6) is 0 Å². The van der Waals surface area contributed by atoms with Crippen LogP contribution in [-0.4, -0.2) is 6.04 Å². The lowest BCUT2D eigenvalue weighted by Gasteiger charge is -2.22. The predicted octanol–water partition coefficient (Wildman–Crippen LogP) is 5.86. The zero-order chi connectivity index (χ0) is 14.7. The molecule has 0 atom stereocenters. The van der Waals surface area contributed by atoms with Crippen molar-refractivity contribution in [3.63, 3.8) is 0 Å². The first-order valence-electron chi connectivity index (χ1n) is 7.81. The smallest absolute Gasteiger partial charge is 0.134 e. The largest absolute Gasteiger partial charge is 0.460 e. The second kappa shape index (κ2) is 8.19. The van der Waals surface area contributed by atoms with Crippen LogP contribution in [-0.2, 0) is 6.54 Å². The van der Waals surface area contributed by atoms with E-state index < -0.39 is 0 Å². The Morgan fingerprint density at radius 2 is 1.91 bits per heavy atom. The van der Waals surface area contributed by atoms with Crippen molar-refractivity contribution in [3.05, 3.63) is 46.1 Å².